The summed E-state index contributed by atoms with van der Waals surface area (Å²) in [6.45, 7) is 2.03. The van der Waals surface area contributed by atoms with E-state index in [1.165, 1.54) is 6.07 Å². The van der Waals surface area contributed by atoms with E-state index in [-0.39, 0.29) is 5.69 Å². The lowest BCUT2D eigenvalue weighted by atomic mass is 10.3. The van der Waals surface area contributed by atoms with Gasteiger partial charge in [0.2, 0.25) is 5.88 Å². The first-order valence-electron chi connectivity index (χ1n) is 6.06. The average molecular weight is 274 g/mol. The van der Waals surface area contributed by atoms with Gasteiger partial charge in [-0.15, -0.1) is 0 Å². The fourth-order valence-electron chi connectivity index (χ4n) is 1.47. The summed E-state index contributed by atoms with van der Waals surface area (Å²) in [7, 11) is 1.55. The number of hydrogen-bond donors (Lipinski definition) is 0. The Labute approximate surface area is 116 Å². The molecule has 2 heterocycles. The molecule has 20 heavy (non-hydrogen) atoms. The number of rotatable bonds is 5. The maximum Gasteiger partial charge on any atom is 0.360 e. The first-order chi connectivity index (χ1) is 9.72. The highest BCUT2D eigenvalue weighted by atomic mass is 16.5. The molecule has 0 atom stereocenters. The molecule has 0 fully saturated rings. The van der Waals surface area contributed by atoms with E-state index in [4.69, 9.17) is 14.0 Å². The van der Waals surface area contributed by atoms with Gasteiger partial charge in [0.15, 0.2) is 11.5 Å². The SMILES string of the molecule is CCOC(=O)c1cc(/C=C\c2cccc(OC)n2)on1. The summed E-state index contributed by atoms with van der Waals surface area (Å²) >= 11 is 0. The Morgan fingerprint density at radius 2 is 2.25 bits per heavy atom. The topological polar surface area (TPSA) is 74.5 Å². The van der Waals surface area contributed by atoms with Crippen molar-refractivity contribution in [3.05, 3.63) is 41.4 Å². The van der Waals surface area contributed by atoms with Crippen LogP contribution in [0.4, 0.5) is 0 Å². The summed E-state index contributed by atoms with van der Waals surface area (Å²) in [4.78, 5) is 15.6. The number of carbonyl (C=O) groups excluding carboxylic acids is 1. The molecule has 0 unspecified atom stereocenters. The molecule has 0 N–H and O–H groups in total. The van der Waals surface area contributed by atoms with Crippen molar-refractivity contribution in [3.8, 4) is 5.88 Å². The fraction of sp³-hybridized carbons (Fsp3) is 0.214. The second kappa shape index (κ2) is 6.51. The zero-order valence-electron chi connectivity index (χ0n) is 11.2. The van der Waals surface area contributed by atoms with Crippen molar-refractivity contribution in [2.24, 2.45) is 0 Å². The number of esters is 1. The van der Waals surface area contributed by atoms with Crippen molar-refractivity contribution in [2.75, 3.05) is 13.7 Å². The first kappa shape index (κ1) is 13.8. The highest BCUT2D eigenvalue weighted by Gasteiger charge is 2.11. The summed E-state index contributed by atoms with van der Waals surface area (Å²) < 4.78 is 14.9. The van der Waals surface area contributed by atoms with Crippen molar-refractivity contribution in [3.63, 3.8) is 0 Å². The van der Waals surface area contributed by atoms with Crippen LogP contribution in [0.15, 0.2) is 28.8 Å². The van der Waals surface area contributed by atoms with E-state index in [0.717, 1.165) is 0 Å². The van der Waals surface area contributed by atoms with Gasteiger partial charge in [-0.05, 0) is 25.1 Å². The second-order valence-corrected chi connectivity index (χ2v) is 3.77. The first-order valence-corrected chi connectivity index (χ1v) is 6.06. The van der Waals surface area contributed by atoms with Crippen LogP contribution in [0, 0.1) is 0 Å². The minimum absolute atomic E-state index is 0.144. The highest BCUT2D eigenvalue weighted by Crippen LogP contribution is 2.12. The number of hydrogen-bond acceptors (Lipinski definition) is 6. The van der Waals surface area contributed by atoms with Gasteiger partial charge in [0, 0.05) is 12.1 Å². The van der Waals surface area contributed by atoms with E-state index in [2.05, 4.69) is 10.1 Å². The number of nitrogens with zero attached hydrogens (tertiary/aromatic N) is 2. The van der Waals surface area contributed by atoms with Crippen LogP contribution in [0.3, 0.4) is 0 Å². The Morgan fingerprint density at radius 1 is 1.40 bits per heavy atom. The van der Waals surface area contributed by atoms with Crippen molar-refractivity contribution in [1.29, 1.82) is 0 Å². The van der Waals surface area contributed by atoms with E-state index in [0.29, 0.717) is 23.9 Å². The van der Waals surface area contributed by atoms with Crippen LogP contribution in [-0.2, 0) is 4.74 Å². The molecule has 0 radical (unpaired) electrons. The molecule has 0 saturated carbocycles. The maximum atomic E-state index is 11.4. The predicted molar refractivity (Wildman–Crippen MR) is 72.2 cm³/mol. The van der Waals surface area contributed by atoms with Crippen LogP contribution < -0.4 is 4.74 Å². The van der Waals surface area contributed by atoms with Gasteiger partial charge in [-0.2, -0.15) is 0 Å². The molecular weight excluding hydrogens is 260 g/mol. The van der Waals surface area contributed by atoms with E-state index in [9.17, 15) is 4.79 Å². The molecule has 104 valence electrons. The summed E-state index contributed by atoms with van der Waals surface area (Å²) in [5, 5.41) is 3.63. The van der Waals surface area contributed by atoms with Gasteiger partial charge in [-0.3, -0.25) is 0 Å². The standard InChI is InChI=1S/C14H14N2O4/c1-3-19-14(17)12-9-11(20-16-12)8-7-10-5-4-6-13(15-10)18-2/h4-9H,3H2,1-2H3/b8-7-. The smallest absolute Gasteiger partial charge is 0.360 e. The van der Waals surface area contributed by atoms with Crippen LogP contribution in [0.25, 0.3) is 12.2 Å². The van der Waals surface area contributed by atoms with Gasteiger partial charge in [-0.1, -0.05) is 11.2 Å². The molecule has 0 spiro atoms. The Hall–Kier alpha value is -2.63. The minimum atomic E-state index is -0.504. The molecule has 0 amide bonds. The monoisotopic (exact) mass is 274 g/mol. The molecule has 0 aliphatic carbocycles. The lowest BCUT2D eigenvalue weighted by Gasteiger charge is -1.98. The predicted octanol–water partition coefficient (Wildman–Crippen LogP) is 2.43. The average Bonchev–Trinajstić information content (AvgIpc) is 2.94. The van der Waals surface area contributed by atoms with Gasteiger partial charge < -0.3 is 14.0 Å². The summed E-state index contributed by atoms with van der Waals surface area (Å²) in [6, 6.07) is 6.91. The third kappa shape index (κ3) is 3.44. The number of methoxy groups -OCH3 is 1. The molecule has 6 heteroatoms. The van der Waals surface area contributed by atoms with Crippen LogP contribution in [0.2, 0.25) is 0 Å². The highest BCUT2D eigenvalue weighted by molar-refractivity contribution is 5.87. The van der Waals surface area contributed by atoms with Gasteiger partial charge in [-0.25, -0.2) is 9.78 Å². The molecule has 0 aliphatic heterocycles. The van der Waals surface area contributed by atoms with Gasteiger partial charge in [0.05, 0.1) is 19.4 Å². The third-order valence-electron chi connectivity index (χ3n) is 2.39. The van der Waals surface area contributed by atoms with Gasteiger partial charge >= 0.3 is 5.97 Å². The zero-order valence-corrected chi connectivity index (χ0v) is 11.2. The lowest BCUT2D eigenvalue weighted by Crippen LogP contribution is -2.04. The molecule has 0 bridgehead atoms. The Kier molecular flexibility index (Phi) is 4.49. The zero-order chi connectivity index (χ0) is 14.4. The maximum absolute atomic E-state index is 11.4. The van der Waals surface area contributed by atoms with Crippen molar-refractivity contribution < 1.29 is 18.8 Å². The van der Waals surface area contributed by atoms with E-state index in [1.54, 1.807) is 32.3 Å². The molecular formula is C14H14N2O4. The Balaban J connectivity index is 2.09. The third-order valence-corrected chi connectivity index (χ3v) is 2.39. The molecule has 0 aromatic carbocycles. The quantitative estimate of drug-likeness (QED) is 0.779. The lowest BCUT2D eigenvalue weighted by molar-refractivity contribution is 0.0514. The minimum Gasteiger partial charge on any atom is -0.481 e. The number of pyridine rings is 1. The van der Waals surface area contributed by atoms with Crippen LogP contribution in [-0.4, -0.2) is 29.8 Å². The number of ether oxygens (including phenoxy) is 2. The Morgan fingerprint density at radius 3 is 3.00 bits per heavy atom. The van der Waals surface area contributed by atoms with Crippen LogP contribution in [0.5, 0.6) is 5.88 Å². The number of aromatic nitrogens is 2. The Bertz CT molecular complexity index is 619. The molecule has 2 aromatic heterocycles. The van der Waals surface area contributed by atoms with Crippen LogP contribution in [0.1, 0.15) is 28.9 Å². The molecule has 2 aromatic rings. The summed E-state index contributed by atoms with van der Waals surface area (Å²) in [5.74, 6) is 0.463. The van der Waals surface area contributed by atoms with Crippen LogP contribution >= 0.6 is 0 Å². The van der Waals surface area contributed by atoms with Crippen molar-refractivity contribution >= 4 is 18.1 Å². The van der Waals surface area contributed by atoms with E-state index >= 15 is 0 Å². The molecule has 2 rings (SSSR count). The fourth-order valence-corrected chi connectivity index (χ4v) is 1.47. The van der Waals surface area contributed by atoms with Crippen molar-refractivity contribution in [2.45, 2.75) is 6.92 Å². The molecule has 0 saturated heterocycles. The van der Waals surface area contributed by atoms with E-state index < -0.39 is 5.97 Å². The van der Waals surface area contributed by atoms with Gasteiger partial charge in [0.1, 0.15) is 0 Å². The summed E-state index contributed by atoms with van der Waals surface area (Å²) in [6.07, 6.45) is 3.40. The number of carbonyl (C=O) groups is 1. The molecule has 0 aliphatic rings. The van der Waals surface area contributed by atoms with E-state index in [1.807, 2.05) is 12.1 Å². The largest absolute Gasteiger partial charge is 0.481 e. The normalized spacial score (nSPS) is 10.7. The molecule has 6 nitrogen and oxygen atoms in total. The van der Waals surface area contributed by atoms with Crippen molar-refractivity contribution in [1.82, 2.24) is 10.1 Å². The summed E-state index contributed by atoms with van der Waals surface area (Å²) in [5.41, 5.74) is 0.850. The van der Waals surface area contributed by atoms with Gasteiger partial charge in [0.25, 0.3) is 0 Å². The second-order valence-electron chi connectivity index (χ2n) is 3.77.